The Kier molecular flexibility index (Phi) is 9.93. The fraction of sp³-hybridized carbons (Fsp3) is 0.643. The summed E-state index contributed by atoms with van der Waals surface area (Å²) in [6.07, 6.45) is 2.34. The smallest absolute Gasteiger partial charge is 0.253 e. The SMILES string of the molecule is C[C@H](CO)N1C[C@H](C)[C@@H](CN(C)C(=O)c2ccc(N3CCN(C)CC3)cc2)OCc2cnnn2CCCC1=O. The summed E-state index contributed by atoms with van der Waals surface area (Å²) in [5, 5.41) is 18.0. The number of hydrogen-bond donors (Lipinski definition) is 1. The zero-order valence-electron chi connectivity index (χ0n) is 23.7. The quantitative estimate of drug-likeness (QED) is 0.584. The zero-order chi connectivity index (χ0) is 27.9. The number of nitrogens with zero attached hydrogens (tertiary/aromatic N) is 7. The van der Waals surface area contributed by atoms with Crippen molar-refractivity contribution in [2.75, 3.05) is 64.9 Å². The molecule has 3 heterocycles. The number of likely N-dealkylation sites (N-methyl/N-ethyl adjacent to an activating group) is 2. The predicted octanol–water partition coefficient (Wildman–Crippen LogP) is 1.33. The molecule has 0 saturated carbocycles. The summed E-state index contributed by atoms with van der Waals surface area (Å²) in [6.45, 7) is 9.44. The molecule has 0 unspecified atom stereocenters. The molecule has 11 nitrogen and oxygen atoms in total. The Balaban J connectivity index is 1.47. The van der Waals surface area contributed by atoms with Crippen LogP contribution < -0.4 is 4.90 Å². The molecule has 2 aliphatic rings. The number of ether oxygens (including phenoxy) is 1. The van der Waals surface area contributed by atoms with Gasteiger partial charge >= 0.3 is 0 Å². The molecular formula is C28H43N7O4. The summed E-state index contributed by atoms with van der Waals surface area (Å²) in [5.74, 6) is -0.166. The summed E-state index contributed by atoms with van der Waals surface area (Å²) in [4.78, 5) is 34.5. The van der Waals surface area contributed by atoms with E-state index in [1.54, 1.807) is 27.7 Å². The normalized spacial score (nSPS) is 22.5. The highest BCUT2D eigenvalue weighted by Gasteiger charge is 2.29. The number of benzene rings is 1. The van der Waals surface area contributed by atoms with E-state index >= 15 is 0 Å². The van der Waals surface area contributed by atoms with Gasteiger partial charge in [0.25, 0.3) is 5.91 Å². The number of carbonyl (C=O) groups is 2. The van der Waals surface area contributed by atoms with Gasteiger partial charge in [0.1, 0.15) is 0 Å². The van der Waals surface area contributed by atoms with Crippen LogP contribution in [0, 0.1) is 5.92 Å². The fourth-order valence-electron chi connectivity index (χ4n) is 5.20. The average Bonchev–Trinajstić information content (AvgIpc) is 3.39. The lowest BCUT2D eigenvalue weighted by molar-refractivity contribution is -0.136. The highest BCUT2D eigenvalue weighted by Crippen LogP contribution is 2.21. The molecule has 0 aliphatic carbocycles. The van der Waals surface area contributed by atoms with Crippen LogP contribution in [-0.2, 0) is 22.7 Å². The van der Waals surface area contributed by atoms with Crippen LogP contribution >= 0.6 is 0 Å². The van der Waals surface area contributed by atoms with E-state index in [4.69, 9.17) is 4.74 Å². The van der Waals surface area contributed by atoms with Gasteiger partial charge in [-0.3, -0.25) is 9.59 Å². The summed E-state index contributed by atoms with van der Waals surface area (Å²) in [7, 11) is 3.92. The van der Waals surface area contributed by atoms with Crippen molar-refractivity contribution in [1.82, 2.24) is 29.7 Å². The molecule has 0 bridgehead atoms. The predicted molar refractivity (Wildman–Crippen MR) is 148 cm³/mol. The van der Waals surface area contributed by atoms with Crippen LogP contribution in [0.1, 0.15) is 42.7 Å². The molecule has 1 aromatic carbocycles. The minimum absolute atomic E-state index is 0.00531. The maximum atomic E-state index is 13.4. The Hall–Kier alpha value is -3.02. The van der Waals surface area contributed by atoms with Gasteiger partial charge in [0, 0.05) is 76.5 Å². The number of aliphatic hydroxyl groups excluding tert-OH is 1. The third-order valence-electron chi connectivity index (χ3n) is 7.92. The number of aryl methyl sites for hydroxylation is 1. The van der Waals surface area contributed by atoms with Crippen LogP contribution in [-0.4, -0.2) is 119 Å². The standard InChI is InChI=1S/C28H43N7O4/c1-21-17-34(22(2)19-36)27(37)6-5-11-35-25(16-29-30-35)20-39-26(21)18-32(4)28(38)23-7-9-24(10-8-23)33-14-12-31(3)13-15-33/h7-10,16,21-22,26,36H,5-6,11-15,17-20H2,1-4H3/t21-,22+,26+/m0/s1. The van der Waals surface area contributed by atoms with Crippen molar-refractivity contribution in [3.8, 4) is 0 Å². The number of aromatic nitrogens is 3. The van der Waals surface area contributed by atoms with Crippen molar-refractivity contribution in [2.45, 2.75) is 52.0 Å². The molecule has 39 heavy (non-hydrogen) atoms. The van der Waals surface area contributed by atoms with Crippen LogP contribution in [0.25, 0.3) is 0 Å². The molecule has 2 amide bonds. The molecule has 0 radical (unpaired) electrons. The van der Waals surface area contributed by atoms with Gasteiger partial charge in [-0.15, -0.1) is 5.10 Å². The maximum Gasteiger partial charge on any atom is 0.253 e. The summed E-state index contributed by atoms with van der Waals surface area (Å²) in [6, 6.07) is 7.53. The van der Waals surface area contributed by atoms with Gasteiger partial charge < -0.3 is 29.4 Å². The van der Waals surface area contributed by atoms with Gasteiger partial charge in [0.05, 0.1) is 37.3 Å². The topological polar surface area (TPSA) is 107 Å². The van der Waals surface area contributed by atoms with Crippen LogP contribution in [0.2, 0.25) is 0 Å². The molecule has 2 aromatic rings. The molecule has 2 aliphatic heterocycles. The van der Waals surface area contributed by atoms with Crippen molar-refractivity contribution in [3.63, 3.8) is 0 Å². The Bertz CT molecular complexity index is 1080. The molecule has 1 aromatic heterocycles. The van der Waals surface area contributed by atoms with Crippen molar-refractivity contribution in [2.24, 2.45) is 5.92 Å². The molecule has 214 valence electrons. The number of amides is 2. The van der Waals surface area contributed by atoms with Crippen LogP contribution in [0.5, 0.6) is 0 Å². The Labute approximate surface area is 231 Å². The largest absolute Gasteiger partial charge is 0.394 e. The van der Waals surface area contributed by atoms with Gasteiger partial charge in [-0.2, -0.15) is 0 Å². The highest BCUT2D eigenvalue weighted by molar-refractivity contribution is 5.94. The van der Waals surface area contributed by atoms with Gasteiger partial charge in [0.15, 0.2) is 0 Å². The third-order valence-corrected chi connectivity index (χ3v) is 7.92. The summed E-state index contributed by atoms with van der Waals surface area (Å²) in [5.41, 5.74) is 2.60. The van der Waals surface area contributed by atoms with E-state index in [-0.39, 0.29) is 36.5 Å². The van der Waals surface area contributed by atoms with E-state index in [0.29, 0.717) is 44.6 Å². The lowest BCUT2D eigenvalue weighted by Crippen LogP contribution is -2.48. The first-order valence-corrected chi connectivity index (χ1v) is 13.9. The first kappa shape index (κ1) is 29.0. The van der Waals surface area contributed by atoms with Gasteiger partial charge in [0.2, 0.25) is 5.91 Å². The van der Waals surface area contributed by atoms with Crippen molar-refractivity contribution in [1.29, 1.82) is 0 Å². The van der Waals surface area contributed by atoms with Crippen LogP contribution in [0.3, 0.4) is 0 Å². The molecule has 1 saturated heterocycles. The number of anilines is 1. The van der Waals surface area contributed by atoms with E-state index in [1.807, 2.05) is 38.1 Å². The second-order valence-corrected chi connectivity index (χ2v) is 11.0. The Morgan fingerprint density at radius 2 is 1.90 bits per heavy atom. The summed E-state index contributed by atoms with van der Waals surface area (Å²) >= 11 is 0. The molecular weight excluding hydrogens is 498 g/mol. The average molecular weight is 542 g/mol. The Morgan fingerprint density at radius 1 is 1.18 bits per heavy atom. The van der Waals surface area contributed by atoms with Crippen LogP contribution in [0.15, 0.2) is 30.5 Å². The van der Waals surface area contributed by atoms with Crippen LogP contribution in [0.4, 0.5) is 5.69 Å². The molecule has 0 spiro atoms. The highest BCUT2D eigenvalue weighted by atomic mass is 16.5. The van der Waals surface area contributed by atoms with Crippen molar-refractivity contribution >= 4 is 17.5 Å². The second-order valence-electron chi connectivity index (χ2n) is 11.0. The van der Waals surface area contributed by atoms with E-state index in [1.165, 1.54) is 0 Å². The molecule has 3 atom stereocenters. The van der Waals surface area contributed by atoms with E-state index < -0.39 is 0 Å². The second kappa shape index (κ2) is 13.4. The first-order chi connectivity index (χ1) is 18.8. The molecule has 1 fully saturated rings. The lowest BCUT2D eigenvalue weighted by atomic mass is 10.0. The fourth-order valence-corrected chi connectivity index (χ4v) is 5.20. The minimum Gasteiger partial charge on any atom is -0.394 e. The number of hydrogen-bond acceptors (Lipinski definition) is 8. The molecule has 11 heteroatoms. The van der Waals surface area contributed by atoms with E-state index in [2.05, 4.69) is 27.2 Å². The maximum absolute atomic E-state index is 13.4. The monoisotopic (exact) mass is 541 g/mol. The Morgan fingerprint density at radius 3 is 2.59 bits per heavy atom. The van der Waals surface area contributed by atoms with E-state index in [0.717, 1.165) is 37.6 Å². The number of rotatable bonds is 6. The molecule has 4 rings (SSSR count). The van der Waals surface area contributed by atoms with Gasteiger partial charge in [-0.1, -0.05) is 12.1 Å². The number of carbonyl (C=O) groups excluding carboxylic acids is 2. The zero-order valence-corrected chi connectivity index (χ0v) is 23.7. The van der Waals surface area contributed by atoms with E-state index in [9.17, 15) is 14.7 Å². The minimum atomic E-state index is -0.340. The van der Waals surface area contributed by atoms with Crippen molar-refractivity contribution < 1.29 is 19.4 Å². The van der Waals surface area contributed by atoms with Crippen molar-refractivity contribution in [3.05, 3.63) is 41.7 Å². The number of aliphatic hydroxyl groups is 1. The number of fused-ring (bicyclic) bond motifs is 1. The van der Waals surface area contributed by atoms with Gasteiger partial charge in [-0.05, 0) is 44.7 Å². The van der Waals surface area contributed by atoms with Gasteiger partial charge in [-0.25, -0.2) is 4.68 Å². The first-order valence-electron chi connectivity index (χ1n) is 13.9. The third kappa shape index (κ3) is 7.34. The summed E-state index contributed by atoms with van der Waals surface area (Å²) < 4.78 is 8.14. The molecule has 1 N–H and O–H groups in total. The lowest BCUT2D eigenvalue weighted by Gasteiger charge is -2.35. The number of piperazine rings is 1.